The second-order valence-corrected chi connectivity index (χ2v) is 22.1. The predicted molar refractivity (Wildman–Crippen MR) is 298 cm³/mol. The summed E-state index contributed by atoms with van der Waals surface area (Å²) >= 11 is 0. The van der Waals surface area contributed by atoms with E-state index in [1.165, 1.54) is 295 Å². The second kappa shape index (κ2) is 57.2. The van der Waals surface area contributed by atoms with E-state index in [1.807, 2.05) is 0 Å². The van der Waals surface area contributed by atoms with E-state index in [0.717, 1.165) is 38.5 Å². The molecule has 0 aromatic carbocycles. The van der Waals surface area contributed by atoms with Crippen molar-refractivity contribution in [3.8, 4) is 0 Å². The van der Waals surface area contributed by atoms with Gasteiger partial charge in [-0.2, -0.15) is 0 Å². The maximum atomic E-state index is 12.6. The SMILES string of the molecule is CCCCCCCCCCCCCCCCCCCCCCCCCCCCCC(O)C(=O)NC(CO)C(O)C(O)CCCCCCCCCCCCCCCCCCCCCCCCCCC. The molecule has 6 heteroatoms. The third kappa shape index (κ3) is 50.3. The number of aliphatic hydroxyl groups excluding tert-OH is 4. The normalized spacial score (nSPS) is 13.6. The predicted octanol–water partition coefficient (Wildman–Crippen LogP) is 18.7. The van der Waals surface area contributed by atoms with Crippen molar-refractivity contribution in [2.24, 2.45) is 0 Å². The van der Waals surface area contributed by atoms with Crippen molar-refractivity contribution in [1.29, 1.82) is 0 Å². The molecular weight excluding hydrogens is 839 g/mol. The average molecular weight is 965 g/mol. The van der Waals surface area contributed by atoms with Crippen LogP contribution in [0.5, 0.6) is 0 Å². The fourth-order valence-corrected chi connectivity index (χ4v) is 10.4. The van der Waals surface area contributed by atoms with Crippen LogP contribution < -0.4 is 5.32 Å². The molecule has 0 fully saturated rings. The lowest BCUT2D eigenvalue weighted by Gasteiger charge is -2.27. The Hall–Kier alpha value is -0.690. The number of amides is 1. The van der Waals surface area contributed by atoms with E-state index in [2.05, 4.69) is 19.2 Å². The first kappa shape index (κ1) is 67.3. The van der Waals surface area contributed by atoms with Crippen molar-refractivity contribution >= 4 is 5.91 Å². The van der Waals surface area contributed by atoms with Crippen LogP contribution in [0.1, 0.15) is 361 Å². The lowest BCUT2D eigenvalue weighted by molar-refractivity contribution is -0.132. The zero-order valence-electron chi connectivity index (χ0n) is 46.4. The Morgan fingerprint density at radius 1 is 0.309 bits per heavy atom. The Bertz CT molecular complexity index is 948. The minimum Gasteiger partial charge on any atom is -0.394 e. The average Bonchev–Trinajstić information content (AvgIpc) is 3.34. The van der Waals surface area contributed by atoms with Crippen LogP contribution in [0.2, 0.25) is 0 Å². The van der Waals surface area contributed by atoms with Gasteiger partial charge in [-0.25, -0.2) is 0 Å². The van der Waals surface area contributed by atoms with Crippen LogP contribution in [-0.2, 0) is 4.79 Å². The van der Waals surface area contributed by atoms with Gasteiger partial charge in [0, 0.05) is 0 Å². The van der Waals surface area contributed by atoms with E-state index in [4.69, 9.17) is 0 Å². The highest BCUT2D eigenvalue weighted by molar-refractivity contribution is 5.80. The first-order chi connectivity index (χ1) is 33.5. The smallest absolute Gasteiger partial charge is 0.249 e. The largest absolute Gasteiger partial charge is 0.394 e. The van der Waals surface area contributed by atoms with E-state index < -0.39 is 36.9 Å². The monoisotopic (exact) mass is 964 g/mol. The van der Waals surface area contributed by atoms with Gasteiger partial charge in [0.2, 0.25) is 5.91 Å². The van der Waals surface area contributed by atoms with Crippen molar-refractivity contribution in [2.45, 2.75) is 385 Å². The molecule has 6 nitrogen and oxygen atoms in total. The van der Waals surface area contributed by atoms with Gasteiger partial charge in [-0.05, 0) is 12.8 Å². The Morgan fingerprint density at radius 3 is 0.706 bits per heavy atom. The number of rotatable bonds is 59. The van der Waals surface area contributed by atoms with Gasteiger partial charge in [0.05, 0.1) is 18.8 Å². The number of carbonyl (C=O) groups is 1. The highest BCUT2D eigenvalue weighted by Gasteiger charge is 2.28. The van der Waals surface area contributed by atoms with E-state index in [1.54, 1.807) is 0 Å². The van der Waals surface area contributed by atoms with Crippen molar-refractivity contribution < 1.29 is 25.2 Å². The molecule has 0 saturated carbocycles. The molecule has 0 spiro atoms. The fraction of sp³-hybridized carbons (Fsp3) is 0.984. The molecule has 0 bridgehead atoms. The summed E-state index contributed by atoms with van der Waals surface area (Å²) in [4.78, 5) is 12.6. The van der Waals surface area contributed by atoms with Gasteiger partial charge in [-0.3, -0.25) is 4.79 Å². The van der Waals surface area contributed by atoms with Crippen LogP contribution in [0.25, 0.3) is 0 Å². The highest BCUT2D eigenvalue weighted by Crippen LogP contribution is 2.19. The van der Waals surface area contributed by atoms with E-state index in [-0.39, 0.29) is 0 Å². The molecule has 0 radical (unpaired) electrons. The molecule has 0 rings (SSSR count). The van der Waals surface area contributed by atoms with Crippen molar-refractivity contribution in [1.82, 2.24) is 5.32 Å². The molecule has 0 aliphatic rings. The van der Waals surface area contributed by atoms with Crippen LogP contribution in [0.4, 0.5) is 0 Å². The molecular formula is C62H125NO5. The minimum absolute atomic E-state index is 0.377. The topological polar surface area (TPSA) is 110 Å². The Morgan fingerprint density at radius 2 is 0.500 bits per heavy atom. The molecule has 4 atom stereocenters. The lowest BCUT2D eigenvalue weighted by atomic mass is 9.99. The van der Waals surface area contributed by atoms with Crippen LogP contribution in [-0.4, -0.2) is 57.3 Å². The van der Waals surface area contributed by atoms with Gasteiger partial charge in [-0.1, -0.05) is 348 Å². The summed E-state index contributed by atoms with van der Waals surface area (Å²) in [6.45, 7) is 4.11. The number of aliphatic hydroxyl groups is 4. The number of unbranched alkanes of at least 4 members (excludes halogenated alkanes) is 50. The zero-order valence-corrected chi connectivity index (χ0v) is 46.4. The Labute approximate surface area is 426 Å². The molecule has 0 aromatic heterocycles. The molecule has 0 aromatic rings. The van der Waals surface area contributed by atoms with Gasteiger partial charge < -0.3 is 25.7 Å². The number of nitrogens with one attached hydrogen (secondary N) is 1. The maximum Gasteiger partial charge on any atom is 0.249 e. The van der Waals surface area contributed by atoms with E-state index in [9.17, 15) is 25.2 Å². The van der Waals surface area contributed by atoms with Crippen molar-refractivity contribution in [2.75, 3.05) is 6.61 Å². The summed E-state index contributed by atoms with van der Waals surface area (Å²) in [5.74, 6) is -0.574. The standard InChI is InChI=1S/C62H125NO5/c1-3-5-7-9-11-13-15-17-19-21-23-25-27-29-30-32-34-36-38-40-42-44-46-48-50-52-54-56-60(66)62(68)63-58(57-64)61(67)59(65)55-53-51-49-47-45-43-41-39-37-35-33-31-28-26-24-22-20-18-16-14-12-10-8-6-4-2/h58-61,64-67H,3-57H2,1-2H3,(H,63,68). The molecule has 0 heterocycles. The van der Waals surface area contributed by atoms with Crippen LogP contribution in [0.15, 0.2) is 0 Å². The van der Waals surface area contributed by atoms with Gasteiger partial charge in [0.1, 0.15) is 12.2 Å². The quantitative estimate of drug-likeness (QED) is 0.0390. The number of hydrogen-bond acceptors (Lipinski definition) is 5. The Balaban J connectivity index is 3.54. The van der Waals surface area contributed by atoms with Crippen LogP contribution in [0, 0.1) is 0 Å². The highest BCUT2D eigenvalue weighted by atomic mass is 16.3. The minimum atomic E-state index is -1.26. The summed E-state index contributed by atoms with van der Waals surface area (Å²) < 4.78 is 0. The fourth-order valence-electron chi connectivity index (χ4n) is 10.4. The van der Waals surface area contributed by atoms with Crippen LogP contribution in [0.3, 0.4) is 0 Å². The number of hydrogen-bond donors (Lipinski definition) is 5. The summed E-state index contributed by atoms with van der Waals surface area (Å²) in [6.07, 6.45) is 67.7. The zero-order chi connectivity index (χ0) is 49.5. The molecule has 5 N–H and O–H groups in total. The second-order valence-electron chi connectivity index (χ2n) is 22.1. The third-order valence-electron chi connectivity index (χ3n) is 15.3. The van der Waals surface area contributed by atoms with Crippen LogP contribution >= 0.6 is 0 Å². The van der Waals surface area contributed by atoms with E-state index in [0.29, 0.717) is 12.8 Å². The summed E-state index contributed by atoms with van der Waals surface area (Å²) in [5.41, 5.74) is 0. The molecule has 0 aliphatic heterocycles. The van der Waals surface area contributed by atoms with Gasteiger partial charge in [0.25, 0.3) is 0 Å². The first-order valence-electron chi connectivity index (χ1n) is 31.4. The molecule has 0 saturated heterocycles. The van der Waals surface area contributed by atoms with Crippen molar-refractivity contribution in [3.05, 3.63) is 0 Å². The maximum absolute atomic E-state index is 12.6. The van der Waals surface area contributed by atoms with Crippen molar-refractivity contribution in [3.63, 3.8) is 0 Å². The number of carbonyl (C=O) groups excluding carboxylic acids is 1. The summed E-state index contributed by atoms with van der Waals surface area (Å²) in [7, 11) is 0. The molecule has 408 valence electrons. The summed E-state index contributed by atoms with van der Waals surface area (Å²) in [5, 5.41) is 44.2. The Kier molecular flexibility index (Phi) is 56.6. The first-order valence-corrected chi connectivity index (χ1v) is 31.4. The molecule has 1 amide bonds. The van der Waals surface area contributed by atoms with Gasteiger partial charge in [-0.15, -0.1) is 0 Å². The lowest BCUT2D eigenvalue weighted by Crippen LogP contribution is -2.53. The molecule has 68 heavy (non-hydrogen) atoms. The molecule has 4 unspecified atom stereocenters. The summed E-state index contributed by atoms with van der Waals surface area (Å²) in [6, 6.07) is -0.981. The molecule has 0 aliphatic carbocycles. The van der Waals surface area contributed by atoms with Gasteiger partial charge in [0.15, 0.2) is 0 Å². The van der Waals surface area contributed by atoms with Gasteiger partial charge >= 0.3 is 0 Å². The third-order valence-corrected chi connectivity index (χ3v) is 15.3. The van der Waals surface area contributed by atoms with E-state index >= 15 is 0 Å².